The molecule has 17 nitrogen and oxygen atoms in total. The van der Waals surface area contributed by atoms with Gasteiger partial charge in [0.15, 0.2) is 12.2 Å². The molecule has 0 fully saturated rings. The molecule has 0 rings (SSSR count). The molecule has 0 heterocycles. The van der Waals surface area contributed by atoms with E-state index in [4.69, 9.17) is 37.0 Å². The van der Waals surface area contributed by atoms with Gasteiger partial charge in [-0.25, -0.2) is 9.13 Å². The summed E-state index contributed by atoms with van der Waals surface area (Å²) in [6, 6.07) is 0. The first-order valence-electron chi connectivity index (χ1n) is 30.6. The number of phosphoric acid groups is 2. The van der Waals surface area contributed by atoms with E-state index in [0.717, 1.165) is 122 Å². The van der Waals surface area contributed by atoms with E-state index in [1.54, 1.807) is 0 Å². The molecule has 0 aromatic carbocycles. The molecule has 0 spiro atoms. The van der Waals surface area contributed by atoms with Crippen molar-refractivity contribution in [1.82, 2.24) is 0 Å². The number of ether oxygens (including phenoxy) is 4. The molecule has 3 N–H and O–H groups in total. The molecule has 0 amide bonds. The van der Waals surface area contributed by atoms with Crippen LogP contribution in [0, 0.1) is 0 Å². The molecule has 0 bridgehead atoms. The second-order valence-electron chi connectivity index (χ2n) is 20.7. The average molecular weight is 1150 g/mol. The van der Waals surface area contributed by atoms with E-state index in [0.29, 0.717) is 25.7 Å². The molecular weight excluding hydrogens is 1040 g/mol. The molecule has 0 aliphatic carbocycles. The maximum atomic E-state index is 12.9. The van der Waals surface area contributed by atoms with Gasteiger partial charge in [0.05, 0.1) is 26.4 Å². The number of aliphatic hydroxyl groups excluding tert-OH is 1. The third kappa shape index (κ3) is 52.9. The normalized spacial score (nSPS) is 14.5. The van der Waals surface area contributed by atoms with E-state index in [9.17, 15) is 43.2 Å². The fourth-order valence-corrected chi connectivity index (χ4v) is 9.79. The Labute approximate surface area is 472 Å². The Balaban J connectivity index is 5.20. The summed E-state index contributed by atoms with van der Waals surface area (Å²) in [6.45, 7) is 4.65. The Morgan fingerprint density at radius 1 is 0.359 bits per heavy atom. The lowest BCUT2D eigenvalue weighted by atomic mass is 10.1. The zero-order valence-corrected chi connectivity index (χ0v) is 50.9. The molecule has 0 aliphatic heterocycles. The zero-order chi connectivity index (χ0) is 57.6. The molecular formula is C59H110O17P2. The van der Waals surface area contributed by atoms with Crippen molar-refractivity contribution in [3.05, 3.63) is 24.3 Å². The van der Waals surface area contributed by atoms with Gasteiger partial charge in [0.1, 0.15) is 19.3 Å². The first-order valence-corrected chi connectivity index (χ1v) is 33.6. The van der Waals surface area contributed by atoms with Crippen molar-refractivity contribution >= 4 is 39.5 Å². The van der Waals surface area contributed by atoms with Crippen LogP contribution in [0.1, 0.15) is 272 Å². The SMILES string of the molecule is CCCCCC/C=C\C=C/CCCCCCCC(=O)O[C@H](COC(=O)CCCCCCCCCCCCC)COP(=O)(O)OC[C@@H](O)COP(=O)(O)OC[C@@H](COC(=O)CCCCCCC)OC(=O)CCCCCCCCC. The summed E-state index contributed by atoms with van der Waals surface area (Å²) in [6.07, 6.45) is 40.2. The standard InChI is InChI=1S/C59H110O17P2/c1-5-9-13-17-20-22-24-25-26-27-29-31-34-38-42-46-59(64)76-55(50-70-57(62)44-40-36-33-30-28-23-21-18-14-10-6-2)52-74-78(67,68)72-48-53(60)47-71-77(65,66)73-51-54(49-69-56(61)43-39-35-16-12-8-4)75-58(63)45-41-37-32-19-15-11-7-3/h22,24-26,53-55,60H,5-21,23,27-52H2,1-4H3,(H,65,66)(H,67,68)/b24-22-,26-25-/t53-,54+,55+/m0/s1. The molecule has 0 aromatic heterocycles. The van der Waals surface area contributed by atoms with Gasteiger partial charge in [-0.1, -0.05) is 219 Å². The van der Waals surface area contributed by atoms with Gasteiger partial charge in [-0.15, -0.1) is 0 Å². The molecule has 19 heteroatoms. The van der Waals surface area contributed by atoms with Crippen molar-refractivity contribution in [1.29, 1.82) is 0 Å². The minimum atomic E-state index is -4.94. The van der Waals surface area contributed by atoms with Gasteiger partial charge < -0.3 is 33.8 Å². The fourth-order valence-electron chi connectivity index (χ4n) is 8.21. The van der Waals surface area contributed by atoms with Crippen LogP contribution in [0.15, 0.2) is 24.3 Å². The number of phosphoric ester groups is 2. The van der Waals surface area contributed by atoms with Crippen LogP contribution in [0.4, 0.5) is 0 Å². The van der Waals surface area contributed by atoms with Crippen LogP contribution in [0.2, 0.25) is 0 Å². The topological polar surface area (TPSA) is 237 Å². The van der Waals surface area contributed by atoms with Crippen molar-refractivity contribution in [2.45, 2.75) is 290 Å². The highest BCUT2D eigenvalue weighted by atomic mass is 31.2. The summed E-state index contributed by atoms with van der Waals surface area (Å²) < 4.78 is 67.4. The second kappa shape index (κ2) is 53.8. The second-order valence-corrected chi connectivity index (χ2v) is 23.6. The van der Waals surface area contributed by atoms with Crippen LogP contribution < -0.4 is 0 Å². The predicted octanol–water partition coefficient (Wildman–Crippen LogP) is 15.5. The fraction of sp³-hybridized carbons (Fsp3) is 0.864. The van der Waals surface area contributed by atoms with E-state index in [2.05, 4.69) is 52.0 Å². The quantitative estimate of drug-likeness (QED) is 0.0169. The van der Waals surface area contributed by atoms with Crippen LogP contribution in [-0.4, -0.2) is 96.7 Å². The van der Waals surface area contributed by atoms with Crippen molar-refractivity contribution in [3.63, 3.8) is 0 Å². The van der Waals surface area contributed by atoms with Gasteiger partial charge in [-0.2, -0.15) is 0 Å². The summed E-state index contributed by atoms with van der Waals surface area (Å²) >= 11 is 0. The minimum Gasteiger partial charge on any atom is -0.462 e. The highest BCUT2D eigenvalue weighted by Gasteiger charge is 2.30. The Morgan fingerprint density at radius 2 is 0.615 bits per heavy atom. The van der Waals surface area contributed by atoms with Gasteiger partial charge in [0.25, 0.3) is 0 Å². The van der Waals surface area contributed by atoms with Gasteiger partial charge in [-0.3, -0.25) is 37.3 Å². The average Bonchev–Trinajstić information content (AvgIpc) is 3.41. The lowest BCUT2D eigenvalue weighted by molar-refractivity contribution is -0.161. The van der Waals surface area contributed by atoms with E-state index in [1.807, 2.05) is 0 Å². The largest absolute Gasteiger partial charge is 0.472 e. The first kappa shape index (κ1) is 75.5. The van der Waals surface area contributed by atoms with Crippen molar-refractivity contribution in [2.24, 2.45) is 0 Å². The first-order chi connectivity index (χ1) is 37.7. The molecule has 0 aromatic rings. The van der Waals surface area contributed by atoms with Crippen LogP contribution in [0.3, 0.4) is 0 Å². The molecule has 0 aliphatic rings. The number of unbranched alkanes of at least 4 members (excludes halogenated alkanes) is 29. The Hall–Kier alpha value is -2.46. The molecule has 5 atom stereocenters. The lowest BCUT2D eigenvalue weighted by Gasteiger charge is -2.21. The highest BCUT2D eigenvalue weighted by Crippen LogP contribution is 2.45. The number of allylic oxidation sites excluding steroid dienone is 4. The van der Waals surface area contributed by atoms with Crippen LogP contribution in [0.25, 0.3) is 0 Å². The summed E-state index contributed by atoms with van der Waals surface area (Å²) in [5.41, 5.74) is 0. The maximum absolute atomic E-state index is 12.9. The van der Waals surface area contributed by atoms with E-state index < -0.39 is 97.5 Å². The number of hydrogen-bond acceptors (Lipinski definition) is 15. The third-order valence-corrected chi connectivity index (χ3v) is 14.9. The highest BCUT2D eigenvalue weighted by molar-refractivity contribution is 7.47. The molecule has 0 saturated carbocycles. The van der Waals surface area contributed by atoms with Gasteiger partial charge >= 0.3 is 39.5 Å². The number of esters is 4. The monoisotopic (exact) mass is 1150 g/mol. The van der Waals surface area contributed by atoms with Crippen molar-refractivity contribution < 1.29 is 80.2 Å². The summed E-state index contributed by atoms with van der Waals surface area (Å²) in [5.74, 6) is -2.19. The zero-order valence-electron chi connectivity index (χ0n) is 49.1. The maximum Gasteiger partial charge on any atom is 0.472 e. The molecule has 78 heavy (non-hydrogen) atoms. The smallest absolute Gasteiger partial charge is 0.462 e. The lowest BCUT2D eigenvalue weighted by Crippen LogP contribution is -2.30. The van der Waals surface area contributed by atoms with Crippen molar-refractivity contribution in [2.75, 3.05) is 39.6 Å². The molecule has 0 radical (unpaired) electrons. The van der Waals surface area contributed by atoms with Gasteiger partial charge in [0, 0.05) is 25.7 Å². The summed E-state index contributed by atoms with van der Waals surface area (Å²) in [4.78, 5) is 71.6. The van der Waals surface area contributed by atoms with E-state index in [-0.39, 0.29) is 25.7 Å². The Bertz CT molecular complexity index is 1610. The van der Waals surface area contributed by atoms with Crippen LogP contribution >= 0.6 is 15.6 Å². The summed E-state index contributed by atoms with van der Waals surface area (Å²) in [7, 11) is -9.87. The van der Waals surface area contributed by atoms with Crippen LogP contribution in [0.5, 0.6) is 0 Å². The Kier molecular flexibility index (Phi) is 52.1. The molecule has 2 unspecified atom stereocenters. The van der Waals surface area contributed by atoms with E-state index in [1.165, 1.54) is 70.6 Å². The summed E-state index contributed by atoms with van der Waals surface area (Å²) in [5, 5.41) is 10.5. The molecule has 458 valence electrons. The number of rotatable bonds is 58. The van der Waals surface area contributed by atoms with Crippen LogP contribution in [-0.2, 0) is 65.4 Å². The number of carbonyl (C=O) groups is 4. The van der Waals surface area contributed by atoms with Crippen molar-refractivity contribution in [3.8, 4) is 0 Å². The Morgan fingerprint density at radius 3 is 0.936 bits per heavy atom. The minimum absolute atomic E-state index is 0.0852. The molecule has 0 saturated heterocycles. The number of carbonyl (C=O) groups excluding carboxylic acids is 4. The third-order valence-electron chi connectivity index (χ3n) is 13.0. The van der Waals surface area contributed by atoms with E-state index >= 15 is 0 Å². The number of aliphatic hydroxyl groups is 1. The predicted molar refractivity (Wildman–Crippen MR) is 308 cm³/mol. The van der Waals surface area contributed by atoms with Gasteiger partial charge in [0.2, 0.25) is 0 Å². The van der Waals surface area contributed by atoms with Gasteiger partial charge in [-0.05, 0) is 51.4 Å². The number of hydrogen-bond donors (Lipinski definition) is 3.